The van der Waals surface area contributed by atoms with Crippen molar-refractivity contribution in [2.45, 2.75) is 155 Å². The average Bonchev–Trinajstić information content (AvgIpc) is 2.97. The summed E-state index contributed by atoms with van der Waals surface area (Å²) in [5.74, 6) is -0.606. The van der Waals surface area contributed by atoms with E-state index in [2.05, 4.69) is 24.4 Å². The third-order valence-corrected chi connectivity index (χ3v) is 7.99. The van der Waals surface area contributed by atoms with Gasteiger partial charge in [0.1, 0.15) is 12.7 Å². The average molecular weight is 620 g/mol. The predicted octanol–water partition coefficient (Wildman–Crippen LogP) is 7.93. The van der Waals surface area contributed by atoms with Crippen LogP contribution in [0.1, 0.15) is 149 Å². The molecule has 0 aromatic heterocycles. The molecule has 2 unspecified atom stereocenters. The Morgan fingerprint density at radius 3 is 1.76 bits per heavy atom. The van der Waals surface area contributed by atoms with Gasteiger partial charge < -0.3 is 20.1 Å². The Hall–Kier alpha value is -1.25. The van der Waals surface area contributed by atoms with E-state index in [9.17, 15) is 24.2 Å². The van der Waals surface area contributed by atoms with Crippen LogP contribution in [0.5, 0.6) is 0 Å². The minimum Gasteiger partial charge on any atom is -0.463 e. The van der Waals surface area contributed by atoms with Crippen molar-refractivity contribution in [3.63, 3.8) is 0 Å². The van der Waals surface area contributed by atoms with Crippen LogP contribution in [-0.2, 0) is 27.9 Å². The summed E-state index contributed by atoms with van der Waals surface area (Å²) in [7, 11) is -4.37. The number of amides is 1. The highest BCUT2D eigenvalue weighted by Gasteiger charge is 2.23. The molecule has 0 radical (unpaired) electrons. The lowest BCUT2D eigenvalue weighted by molar-refractivity contribution is -0.147. The van der Waals surface area contributed by atoms with Crippen molar-refractivity contribution in [1.82, 2.24) is 5.32 Å². The van der Waals surface area contributed by atoms with Gasteiger partial charge >= 0.3 is 13.8 Å². The first-order valence-corrected chi connectivity index (χ1v) is 18.2. The van der Waals surface area contributed by atoms with Crippen molar-refractivity contribution < 1.29 is 37.9 Å². The monoisotopic (exact) mass is 619 g/mol. The number of carbonyl (C=O) groups excluding carboxylic acids is 2. The molecule has 3 N–H and O–H groups in total. The highest BCUT2D eigenvalue weighted by atomic mass is 31.2. The number of phosphoric acid groups is 1. The van der Waals surface area contributed by atoms with E-state index < -0.39 is 26.5 Å². The number of allylic oxidation sites excluding steroid dienone is 2. The Morgan fingerprint density at radius 2 is 1.24 bits per heavy atom. The van der Waals surface area contributed by atoms with Gasteiger partial charge in [-0.25, -0.2) is 4.57 Å². The van der Waals surface area contributed by atoms with E-state index >= 15 is 0 Å². The smallest absolute Gasteiger partial charge is 0.463 e. The quantitative estimate of drug-likeness (QED) is 0.0309. The summed E-state index contributed by atoms with van der Waals surface area (Å²) >= 11 is 0. The van der Waals surface area contributed by atoms with E-state index in [1.165, 1.54) is 103 Å². The molecule has 0 aliphatic heterocycles. The highest BCUT2D eigenvalue weighted by Crippen LogP contribution is 2.42. The lowest BCUT2D eigenvalue weighted by Gasteiger charge is -2.15. The van der Waals surface area contributed by atoms with Crippen LogP contribution in [0.2, 0.25) is 0 Å². The standard InChI is InChI=1S/C32H62NO8P/c1-3-5-6-7-8-9-10-11-12-13-14-15-16-17-18-19-20-21-22-23-24-25-32(36)39-28-30(34)29-41-42(37,38)40-27-26-33-31(35)4-2/h11-12,30,34H,3-10,13-29H2,1-2H3,(H,33,35)(H,37,38)/b12-11+. The van der Waals surface area contributed by atoms with Crippen LogP contribution in [0, 0.1) is 0 Å². The zero-order valence-electron chi connectivity index (χ0n) is 26.7. The SMILES string of the molecule is CCCCCCCC/C=C/CCCCCCCCCCCCCC(=O)OCC(O)COP(=O)(O)OCCNC(=O)CC. The van der Waals surface area contributed by atoms with Gasteiger partial charge in [-0.2, -0.15) is 0 Å². The fourth-order valence-corrected chi connectivity index (χ4v) is 5.16. The molecule has 0 saturated heterocycles. The molecule has 9 nitrogen and oxygen atoms in total. The van der Waals surface area contributed by atoms with Crippen LogP contribution in [0.4, 0.5) is 0 Å². The third kappa shape index (κ3) is 30.2. The zero-order chi connectivity index (χ0) is 31.2. The topological polar surface area (TPSA) is 131 Å². The van der Waals surface area contributed by atoms with Crippen molar-refractivity contribution in [2.24, 2.45) is 0 Å². The number of esters is 1. The summed E-state index contributed by atoms with van der Waals surface area (Å²) in [5.41, 5.74) is 0. The highest BCUT2D eigenvalue weighted by molar-refractivity contribution is 7.47. The van der Waals surface area contributed by atoms with Crippen molar-refractivity contribution in [1.29, 1.82) is 0 Å². The number of rotatable bonds is 31. The molecule has 0 aromatic carbocycles. The van der Waals surface area contributed by atoms with E-state index in [0.717, 1.165) is 19.3 Å². The van der Waals surface area contributed by atoms with Gasteiger partial charge in [-0.1, -0.05) is 116 Å². The van der Waals surface area contributed by atoms with Gasteiger partial charge in [-0.15, -0.1) is 0 Å². The van der Waals surface area contributed by atoms with Crippen LogP contribution in [0.25, 0.3) is 0 Å². The van der Waals surface area contributed by atoms with Gasteiger partial charge in [0.05, 0.1) is 13.2 Å². The number of nitrogens with one attached hydrogen (secondary N) is 1. The summed E-state index contributed by atoms with van der Waals surface area (Å²) in [6.07, 6.45) is 27.9. The fraction of sp³-hybridized carbons (Fsp3) is 0.875. The van der Waals surface area contributed by atoms with Crippen LogP contribution < -0.4 is 5.32 Å². The Balaban J connectivity index is 3.46. The lowest BCUT2D eigenvalue weighted by atomic mass is 10.0. The predicted molar refractivity (Wildman–Crippen MR) is 169 cm³/mol. The maximum atomic E-state index is 11.9. The summed E-state index contributed by atoms with van der Waals surface area (Å²) in [4.78, 5) is 32.5. The number of carbonyl (C=O) groups is 2. The molecular formula is C32H62NO8P. The summed E-state index contributed by atoms with van der Waals surface area (Å²) < 4.78 is 26.2. The normalized spacial score (nSPS) is 13.7. The van der Waals surface area contributed by atoms with E-state index in [0.29, 0.717) is 6.42 Å². The van der Waals surface area contributed by atoms with Crippen LogP contribution in [0.15, 0.2) is 12.2 Å². The van der Waals surface area contributed by atoms with E-state index in [-0.39, 0.29) is 32.1 Å². The van der Waals surface area contributed by atoms with Gasteiger partial charge in [0.25, 0.3) is 0 Å². The molecule has 0 bridgehead atoms. The molecule has 10 heteroatoms. The number of phosphoric ester groups is 1. The second kappa shape index (κ2) is 29.8. The van der Waals surface area contributed by atoms with Crippen molar-refractivity contribution >= 4 is 19.7 Å². The molecule has 0 aromatic rings. The fourth-order valence-electron chi connectivity index (χ4n) is 4.40. The first kappa shape index (κ1) is 40.8. The Morgan fingerprint density at radius 1 is 0.738 bits per heavy atom. The summed E-state index contributed by atoms with van der Waals surface area (Å²) in [6.45, 7) is 2.98. The number of aliphatic hydroxyl groups excluding tert-OH is 1. The van der Waals surface area contributed by atoms with Crippen LogP contribution in [-0.4, -0.2) is 54.3 Å². The van der Waals surface area contributed by atoms with Crippen molar-refractivity contribution in [2.75, 3.05) is 26.4 Å². The number of unbranched alkanes of at least 4 members (excludes halogenated alkanes) is 17. The lowest BCUT2D eigenvalue weighted by Crippen LogP contribution is -2.26. The van der Waals surface area contributed by atoms with Crippen LogP contribution in [0.3, 0.4) is 0 Å². The Bertz CT molecular complexity index is 719. The number of ether oxygens (including phenoxy) is 1. The molecule has 1 amide bonds. The molecule has 0 rings (SSSR count). The van der Waals surface area contributed by atoms with Gasteiger partial charge in [0.15, 0.2) is 0 Å². The maximum absolute atomic E-state index is 11.9. The molecular weight excluding hydrogens is 557 g/mol. The number of hydrogen-bond donors (Lipinski definition) is 3. The number of hydrogen-bond acceptors (Lipinski definition) is 7. The van der Waals surface area contributed by atoms with Gasteiger partial charge in [0.2, 0.25) is 5.91 Å². The summed E-state index contributed by atoms with van der Waals surface area (Å²) in [6, 6.07) is 0. The van der Waals surface area contributed by atoms with E-state index in [1.54, 1.807) is 6.92 Å². The van der Waals surface area contributed by atoms with Crippen molar-refractivity contribution in [3.05, 3.63) is 12.2 Å². The minimum atomic E-state index is -4.37. The largest absolute Gasteiger partial charge is 0.472 e. The van der Waals surface area contributed by atoms with E-state index in [1.807, 2.05) is 0 Å². The molecule has 0 heterocycles. The Kier molecular flexibility index (Phi) is 28.9. The second-order valence-corrected chi connectivity index (χ2v) is 12.5. The molecule has 0 aliphatic carbocycles. The molecule has 0 spiro atoms. The molecule has 42 heavy (non-hydrogen) atoms. The summed E-state index contributed by atoms with van der Waals surface area (Å²) in [5, 5.41) is 12.3. The van der Waals surface area contributed by atoms with E-state index in [4.69, 9.17) is 13.8 Å². The Labute approximate surface area is 256 Å². The van der Waals surface area contributed by atoms with Crippen LogP contribution >= 0.6 is 7.82 Å². The first-order chi connectivity index (χ1) is 20.3. The zero-order valence-corrected chi connectivity index (χ0v) is 27.6. The van der Waals surface area contributed by atoms with Gasteiger partial charge in [-0.3, -0.25) is 18.6 Å². The molecule has 248 valence electrons. The number of aliphatic hydroxyl groups is 1. The maximum Gasteiger partial charge on any atom is 0.472 e. The molecule has 2 atom stereocenters. The third-order valence-electron chi connectivity index (χ3n) is 7.01. The van der Waals surface area contributed by atoms with Crippen molar-refractivity contribution in [3.8, 4) is 0 Å². The second-order valence-electron chi connectivity index (χ2n) is 11.1. The molecule has 0 aliphatic rings. The minimum absolute atomic E-state index is 0.0681. The van der Waals surface area contributed by atoms with Gasteiger partial charge in [0, 0.05) is 19.4 Å². The molecule has 0 fully saturated rings. The first-order valence-electron chi connectivity index (χ1n) is 16.7. The van der Waals surface area contributed by atoms with Gasteiger partial charge in [-0.05, 0) is 32.1 Å². The molecule has 0 saturated carbocycles.